The monoisotopic (exact) mass is 238 g/mol. The Kier molecular flexibility index (Phi) is 7.76. The Morgan fingerprint density at radius 3 is 2.88 bits per heavy atom. The van der Waals surface area contributed by atoms with E-state index in [1.54, 1.807) is 0 Å². The zero-order chi connectivity index (χ0) is 12.3. The van der Waals surface area contributed by atoms with E-state index in [0.717, 1.165) is 39.3 Å². The van der Waals surface area contributed by atoms with E-state index in [0.29, 0.717) is 0 Å². The van der Waals surface area contributed by atoms with Gasteiger partial charge in [-0.05, 0) is 31.0 Å². The predicted molar refractivity (Wildman–Crippen MR) is 72.2 cm³/mol. The molecule has 1 N–H and O–H groups in total. The van der Waals surface area contributed by atoms with Crippen molar-refractivity contribution in [1.82, 2.24) is 9.88 Å². The molecular formula is C14H26N2O. The lowest BCUT2D eigenvalue weighted by atomic mass is 10.3. The minimum atomic E-state index is 0.816. The summed E-state index contributed by atoms with van der Waals surface area (Å²) in [5.41, 5.74) is 1.35. The normalized spacial score (nSPS) is 10.9. The van der Waals surface area contributed by atoms with Crippen molar-refractivity contribution < 1.29 is 4.74 Å². The number of ether oxygens (including phenoxy) is 1. The average molecular weight is 238 g/mol. The first-order valence-electron chi connectivity index (χ1n) is 6.80. The van der Waals surface area contributed by atoms with Crippen LogP contribution in [0.3, 0.4) is 0 Å². The molecule has 0 spiro atoms. The van der Waals surface area contributed by atoms with Crippen LogP contribution in [0.2, 0.25) is 0 Å². The maximum absolute atomic E-state index is 5.55. The summed E-state index contributed by atoms with van der Waals surface area (Å²) in [6.07, 6.45) is 7.89. The van der Waals surface area contributed by atoms with E-state index in [-0.39, 0.29) is 0 Å². The quantitative estimate of drug-likeness (QED) is 0.634. The van der Waals surface area contributed by atoms with Crippen LogP contribution in [0.25, 0.3) is 0 Å². The third kappa shape index (κ3) is 6.49. The number of unbranched alkanes of at least 4 members (excludes halogenated alkanes) is 1. The number of rotatable bonds is 10. The van der Waals surface area contributed by atoms with E-state index in [2.05, 4.69) is 42.2 Å². The minimum absolute atomic E-state index is 0.816. The second-order valence-electron chi connectivity index (χ2n) is 4.40. The molecule has 0 aliphatic heterocycles. The molecule has 0 aliphatic rings. The van der Waals surface area contributed by atoms with Gasteiger partial charge < -0.3 is 14.6 Å². The molecule has 0 radical (unpaired) electrons. The van der Waals surface area contributed by atoms with E-state index < -0.39 is 0 Å². The Hall–Kier alpha value is -0.800. The fourth-order valence-electron chi connectivity index (χ4n) is 1.66. The lowest BCUT2D eigenvalue weighted by Gasteiger charge is -2.04. The van der Waals surface area contributed by atoms with Crippen molar-refractivity contribution in [3.05, 3.63) is 24.0 Å². The maximum Gasteiger partial charge on any atom is 0.0645 e. The number of hydrogen-bond acceptors (Lipinski definition) is 2. The summed E-state index contributed by atoms with van der Waals surface area (Å²) < 4.78 is 7.75. The molecule has 0 atom stereocenters. The van der Waals surface area contributed by atoms with Gasteiger partial charge in [-0.1, -0.05) is 20.3 Å². The van der Waals surface area contributed by atoms with Crippen molar-refractivity contribution in [2.45, 2.75) is 46.2 Å². The van der Waals surface area contributed by atoms with E-state index in [1.807, 2.05) is 0 Å². The molecule has 1 heterocycles. The fraction of sp³-hybridized carbons (Fsp3) is 0.714. The van der Waals surface area contributed by atoms with Gasteiger partial charge >= 0.3 is 0 Å². The van der Waals surface area contributed by atoms with Crippen LogP contribution in [0.4, 0.5) is 0 Å². The summed E-state index contributed by atoms with van der Waals surface area (Å²) in [5, 5.41) is 3.40. The van der Waals surface area contributed by atoms with E-state index in [9.17, 15) is 0 Å². The minimum Gasteiger partial charge on any atom is -0.380 e. The van der Waals surface area contributed by atoms with Gasteiger partial charge in [0.1, 0.15) is 0 Å². The van der Waals surface area contributed by atoms with Gasteiger partial charge in [0.25, 0.3) is 0 Å². The molecule has 1 rings (SSSR count). The highest BCUT2D eigenvalue weighted by molar-refractivity contribution is 5.09. The molecule has 0 saturated heterocycles. The lowest BCUT2D eigenvalue weighted by Crippen LogP contribution is -2.13. The van der Waals surface area contributed by atoms with Gasteiger partial charge in [0.2, 0.25) is 0 Å². The molecule has 0 aromatic carbocycles. The molecule has 1 aromatic heterocycles. The van der Waals surface area contributed by atoms with Crippen molar-refractivity contribution in [2.75, 3.05) is 19.8 Å². The van der Waals surface area contributed by atoms with E-state index in [4.69, 9.17) is 4.74 Å². The summed E-state index contributed by atoms with van der Waals surface area (Å²) >= 11 is 0. The van der Waals surface area contributed by atoms with Crippen molar-refractivity contribution in [2.24, 2.45) is 0 Å². The largest absolute Gasteiger partial charge is 0.380 e. The highest BCUT2D eigenvalue weighted by atomic mass is 16.5. The molecular weight excluding hydrogens is 212 g/mol. The van der Waals surface area contributed by atoms with Crippen LogP contribution in [-0.4, -0.2) is 24.3 Å². The fourth-order valence-corrected chi connectivity index (χ4v) is 1.66. The van der Waals surface area contributed by atoms with Gasteiger partial charge in [-0.25, -0.2) is 0 Å². The zero-order valence-electron chi connectivity index (χ0n) is 11.2. The van der Waals surface area contributed by atoms with E-state index in [1.165, 1.54) is 18.4 Å². The maximum atomic E-state index is 5.55. The summed E-state index contributed by atoms with van der Waals surface area (Å²) in [7, 11) is 0. The lowest BCUT2D eigenvalue weighted by molar-refractivity contribution is 0.123. The molecule has 0 unspecified atom stereocenters. The Balaban J connectivity index is 2.12. The Morgan fingerprint density at radius 2 is 2.12 bits per heavy atom. The van der Waals surface area contributed by atoms with Crippen LogP contribution >= 0.6 is 0 Å². The topological polar surface area (TPSA) is 26.2 Å². The Labute approximate surface area is 105 Å². The van der Waals surface area contributed by atoms with Crippen molar-refractivity contribution in [3.8, 4) is 0 Å². The van der Waals surface area contributed by atoms with Crippen LogP contribution in [-0.2, 0) is 17.8 Å². The summed E-state index contributed by atoms with van der Waals surface area (Å²) in [6, 6.07) is 2.18. The van der Waals surface area contributed by atoms with Gasteiger partial charge in [-0.15, -0.1) is 0 Å². The molecule has 98 valence electrons. The highest BCUT2D eigenvalue weighted by Gasteiger charge is 1.96. The number of hydrogen-bond donors (Lipinski definition) is 1. The first-order valence-corrected chi connectivity index (χ1v) is 6.80. The third-order valence-electron chi connectivity index (χ3n) is 2.70. The molecule has 3 heteroatoms. The van der Waals surface area contributed by atoms with Gasteiger partial charge in [-0.3, -0.25) is 0 Å². The zero-order valence-corrected chi connectivity index (χ0v) is 11.2. The van der Waals surface area contributed by atoms with Crippen LogP contribution in [0.5, 0.6) is 0 Å². The van der Waals surface area contributed by atoms with Gasteiger partial charge in [0.05, 0.1) is 6.61 Å². The molecule has 1 aromatic rings. The summed E-state index contributed by atoms with van der Waals surface area (Å²) in [5.74, 6) is 0. The molecule has 0 aliphatic carbocycles. The molecule has 17 heavy (non-hydrogen) atoms. The third-order valence-corrected chi connectivity index (χ3v) is 2.70. The predicted octanol–water partition coefficient (Wildman–Crippen LogP) is 2.80. The second-order valence-corrected chi connectivity index (χ2v) is 4.40. The first-order chi connectivity index (χ1) is 8.36. The van der Waals surface area contributed by atoms with Crippen LogP contribution < -0.4 is 5.32 Å². The van der Waals surface area contributed by atoms with Gasteiger partial charge in [0, 0.05) is 32.1 Å². The first kappa shape index (κ1) is 14.3. The second kappa shape index (κ2) is 9.25. The van der Waals surface area contributed by atoms with Gasteiger partial charge in [-0.2, -0.15) is 0 Å². The average Bonchev–Trinajstić information content (AvgIpc) is 2.77. The number of aromatic nitrogens is 1. The molecule has 3 nitrogen and oxygen atoms in total. The van der Waals surface area contributed by atoms with Crippen molar-refractivity contribution >= 4 is 0 Å². The van der Waals surface area contributed by atoms with Crippen molar-refractivity contribution in [3.63, 3.8) is 0 Å². The van der Waals surface area contributed by atoms with Crippen molar-refractivity contribution in [1.29, 1.82) is 0 Å². The van der Waals surface area contributed by atoms with Crippen LogP contribution in [0, 0.1) is 0 Å². The highest BCUT2D eigenvalue weighted by Crippen LogP contribution is 2.01. The molecule has 0 saturated carbocycles. The molecule has 0 bridgehead atoms. The summed E-state index contributed by atoms with van der Waals surface area (Å²) in [6.45, 7) is 9.09. The SMILES string of the molecule is CCCCOCCn1ccc(CNCCC)c1. The smallest absolute Gasteiger partial charge is 0.0645 e. The van der Waals surface area contributed by atoms with Crippen LogP contribution in [0.1, 0.15) is 38.7 Å². The standard InChI is InChI=1S/C14H26N2O/c1-3-5-10-17-11-9-16-8-6-14(13-16)12-15-7-4-2/h6,8,13,15H,3-5,7,9-12H2,1-2H3. The summed E-state index contributed by atoms with van der Waals surface area (Å²) in [4.78, 5) is 0. The van der Waals surface area contributed by atoms with Crippen LogP contribution in [0.15, 0.2) is 18.5 Å². The Bertz CT molecular complexity index is 284. The number of nitrogens with zero attached hydrogens (tertiary/aromatic N) is 1. The number of nitrogens with one attached hydrogen (secondary N) is 1. The van der Waals surface area contributed by atoms with Gasteiger partial charge in [0.15, 0.2) is 0 Å². The molecule has 0 fully saturated rings. The molecule has 0 amide bonds. The Morgan fingerprint density at radius 1 is 1.24 bits per heavy atom. The van der Waals surface area contributed by atoms with E-state index >= 15 is 0 Å².